The van der Waals surface area contributed by atoms with E-state index in [4.69, 9.17) is 16.0 Å². The Morgan fingerprint density at radius 2 is 2.07 bits per heavy atom. The number of benzene rings is 1. The van der Waals surface area contributed by atoms with Crippen LogP contribution in [0, 0.1) is 6.92 Å². The van der Waals surface area contributed by atoms with Crippen LogP contribution in [0.5, 0.6) is 0 Å². The summed E-state index contributed by atoms with van der Waals surface area (Å²) >= 11 is 9.15. The van der Waals surface area contributed by atoms with Gasteiger partial charge < -0.3 is 9.73 Å². The van der Waals surface area contributed by atoms with Crippen molar-refractivity contribution in [1.29, 1.82) is 0 Å². The van der Waals surface area contributed by atoms with Gasteiger partial charge in [-0.05, 0) is 55.0 Å². The van der Waals surface area contributed by atoms with E-state index in [1.54, 1.807) is 24.3 Å². The van der Waals surface area contributed by atoms with Gasteiger partial charge in [-0.25, -0.2) is 13.4 Å². The highest BCUT2D eigenvalue weighted by molar-refractivity contribution is 9.10. The average molecular weight is 499 g/mol. The molecule has 29 heavy (non-hydrogen) atoms. The summed E-state index contributed by atoms with van der Waals surface area (Å²) < 4.78 is 33.3. The quantitative estimate of drug-likeness (QED) is 0.492. The number of anilines is 1. The molecule has 0 aliphatic heterocycles. The molecule has 0 saturated heterocycles. The number of furan rings is 1. The molecule has 3 rings (SSSR count). The van der Waals surface area contributed by atoms with Crippen LogP contribution in [0.4, 0.5) is 5.69 Å². The van der Waals surface area contributed by atoms with Crippen molar-refractivity contribution in [2.45, 2.75) is 18.4 Å². The second-order valence-corrected chi connectivity index (χ2v) is 9.36. The summed E-state index contributed by atoms with van der Waals surface area (Å²) in [4.78, 5) is 16.3. The van der Waals surface area contributed by atoms with Gasteiger partial charge in [0.05, 0.1) is 19.4 Å². The zero-order valence-electron chi connectivity index (χ0n) is 15.3. The van der Waals surface area contributed by atoms with Gasteiger partial charge in [-0.15, -0.1) is 0 Å². The number of aryl methyl sites for hydroxylation is 1. The lowest BCUT2D eigenvalue weighted by Crippen LogP contribution is -2.37. The molecule has 1 aromatic carbocycles. The smallest absolute Gasteiger partial charge is 0.245 e. The number of nitrogens with one attached hydrogen (secondary N) is 1. The number of carbonyl (C=O) groups excluding carboxylic acids is 1. The minimum atomic E-state index is -4.01. The van der Waals surface area contributed by atoms with Crippen molar-refractivity contribution >= 4 is 49.1 Å². The van der Waals surface area contributed by atoms with Crippen LogP contribution in [-0.4, -0.2) is 30.2 Å². The van der Waals surface area contributed by atoms with Crippen molar-refractivity contribution in [2.24, 2.45) is 0 Å². The summed E-state index contributed by atoms with van der Waals surface area (Å²) in [7, 11) is -4.01. The van der Waals surface area contributed by atoms with Crippen LogP contribution < -0.4 is 5.32 Å². The van der Waals surface area contributed by atoms with Crippen LogP contribution in [0.3, 0.4) is 0 Å². The van der Waals surface area contributed by atoms with Crippen molar-refractivity contribution < 1.29 is 17.6 Å². The van der Waals surface area contributed by atoms with Gasteiger partial charge in [0, 0.05) is 16.4 Å². The summed E-state index contributed by atoms with van der Waals surface area (Å²) in [6, 6.07) is 11.3. The van der Waals surface area contributed by atoms with Gasteiger partial charge in [0.1, 0.15) is 15.8 Å². The first-order valence-corrected chi connectivity index (χ1v) is 11.1. The molecule has 0 spiro atoms. The molecule has 7 nitrogen and oxygen atoms in total. The number of hydrogen-bond acceptors (Lipinski definition) is 5. The molecule has 1 amide bonds. The Bertz CT molecular complexity index is 1100. The SMILES string of the molecule is Cc1cc(NC(=O)CN(Cc2ccco2)S(=O)(=O)c2ccc(Cl)nc2)ccc1Br. The third kappa shape index (κ3) is 5.45. The summed E-state index contributed by atoms with van der Waals surface area (Å²) in [6.45, 7) is 1.38. The summed E-state index contributed by atoms with van der Waals surface area (Å²) in [5.74, 6) is -0.0773. The Kier molecular flexibility index (Phi) is 6.74. The molecule has 10 heteroatoms. The molecule has 0 saturated carbocycles. The molecule has 152 valence electrons. The highest BCUT2D eigenvalue weighted by Crippen LogP contribution is 2.22. The highest BCUT2D eigenvalue weighted by Gasteiger charge is 2.28. The summed E-state index contributed by atoms with van der Waals surface area (Å²) in [5.41, 5.74) is 1.51. The van der Waals surface area contributed by atoms with E-state index in [0.29, 0.717) is 11.4 Å². The zero-order valence-corrected chi connectivity index (χ0v) is 18.5. The molecule has 0 aliphatic rings. The lowest BCUT2D eigenvalue weighted by atomic mass is 10.2. The van der Waals surface area contributed by atoms with E-state index in [1.807, 2.05) is 13.0 Å². The van der Waals surface area contributed by atoms with Crippen molar-refractivity contribution in [2.75, 3.05) is 11.9 Å². The lowest BCUT2D eigenvalue weighted by Gasteiger charge is -2.21. The van der Waals surface area contributed by atoms with Gasteiger partial charge in [0.25, 0.3) is 0 Å². The minimum absolute atomic E-state index is 0.0688. The largest absolute Gasteiger partial charge is 0.468 e. The molecule has 0 fully saturated rings. The van der Waals surface area contributed by atoms with E-state index in [1.165, 1.54) is 18.4 Å². The first kappa shape index (κ1) is 21.5. The molecule has 3 aromatic rings. The fraction of sp³-hybridized carbons (Fsp3) is 0.158. The van der Waals surface area contributed by atoms with Crippen LogP contribution in [0.1, 0.15) is 11.3 Å². The molecule has 1 N–H and O–H groups in total. The predicted octanol–water partition coefficient (Wildman–Crippen LogP) is 4.23. The Labute approximate surface area is 181 Å². The standard InChI is InChI=1S/C19H17BrClN3O4S/c1-13-9-14(4-6-17(13)20)23-19(25)12-24(11-15-3-2-8-28-15)29(26,27)16-5-7-18(21)22-10-16/h2-10H,11-12H2,1H3,(H,23,25). The van der Waals surface area contributed by atoms with E-state index >= 15 is 0 Å². The van der Waals surface area contributed by atoms with Gasteiger partial charge >= 0.3 is 0 Å². The number of hydrogen-bond donors (Lipinski definition) is 1. The topological polar surface area (TPSA) is 92.5 Å². The molecule has 2 heterocycles. The van der Waals surface area contributed by atoms with Crippen molar-refractivity contribution in [3.63, 3.8) is 0 Å². The number of amides is 1. The van der Waals surface area contributed by atoms with Crippen LogP contribution in [0.15, 0.2) is 68.7 Å². The van der Waals surface area contributed by atoms with Gasteiger partial charge in [-0.2, -0.15) is 4.31 Å². The van der Waals surface area contributed by atoms with Crippen molar-refractivity contribution in [3.8, 4) is 0 Å². The maximum atomic E-state index is 13.1. The Hall–Kier alpha value is -2.20. The van der Waals surface area contributed by atoms with E-state index < -0.39 is 22.5 Å². The zero-order chi connectivity index (χ0) is 21.0. The van der Waals surface area contributed by atoms with Gasteiger partial charge in [-0.1, -0.05) is 27.5 Å². The van der Waals surface area contributed by atoms with E-state index in [2.05, 4.69) is 26.2 Å². The van der Waals surface area contributed by atoms with E-state index in [-0.39, 0.29) is 16.6 Å². The van der Waals surface area contributed by atoms with Crippen LogP contribution >= 0.6 is 27.5 Å². The molecule has 0 aliphatic carbocycles. The highest BCUT2D eigenvalue weighted by atomic mass is 79.9. The molecule has 2 aromatic heterocycles. The predicted molar refractivity (Wildman–Crippen MR) is 113 cm³/mol. The lowest BCUT2D eigenvalue weighted by molar-refractivity contribution is -0.116. The van der Waals surface area contributed by atoms with Gasteiger partial charge in [0.15, 0.2) is 0 Å². The monoisotopic (exact) mass is 497 g/mol. The van der Waals surface area contributed by atoms with Crippen LogP contribution in [-0.2, 0) is 21.4 Å². The first-order chi connectivity index (χ1) is 13.8. The number of sulfonamides is 1. The number of halogens is 2. The van der Waals surface area contributed by atoms with E-state index in [9.17, 15) is 13.2 Å². The maximum absolute atomic E-state index is 13.1. The normalized spacial score (nSPS) is 11.6. The van der Waals surface area contributed by atoms with Gasteiger partial charge in [0.2, 0.25) is 15.9 Å². The Morgan fingerprint density at radius 3 is 2.69 bits per heavy atom. The van der Waals surface area contributed by atoms with Gasteiger partial charge in [-0.3, -0.25) is 4.79 Å². The Morgan fingerprint density at radius 1 is 1.28 bits per heavy atom. The maximum Gasteiger partial charge on any atom is 0.245 e. The van der Waals surface area contributed by atoms with Crippen molar-refractivity contribution in [1.82, 2.24) is 9.29 Å². The molecule has 0 unspecified atom stereocenters. The first-order valence-electron chi connectivity index (χ1n) is 8.46. The number of rotatable bonds is 7. The van der Waals surface area contributed by atoms with Crippen molar-refractivity contribution in [3.05, 3.63) is 75.9 Å². The molecular formula is C19H17BrClN3O4S. The average Bonchev–Trinajstić information content (AvgIpc) is 3.18. The second-order valence-electron chi connectivity index (χ2n) is 6.18. The number of carbonyl (C=O) groups is 1. The summed E-state index contributed by atoms with van der Waals surface area (Å²) in [6.07, 6.45) is 2.59. The third-order valence-electron chi connectivity index (χ3n) is 4.01. The number of aromatic nitrogens is 1. The fourth-order valence-electron chi connectivity index (χ4n) is 2.55. The Balaban J connectivity index is 1.83. The summed E-state index contributed by atoms with van der Waals surface area (Å²) in [5, 5.41) is 2.89. The number of nitrogens with zero attached hydrogens (tertiary/aromatic N) is 2. The molecule has 0 atom stereocenters. The van der Waals surface area contributed by atoms with Crippen LogP contribution in [0.25, 0.3) is 0 Å². The molecule has 0 radical (unpaired) electrons. The number of pyridine rings is 1. The van der Waals surface area contributed by atoms with Crippen LogP contribution in [0.2, 0.25) is 5.15 Å². The third-order valence-corrected chi connectivity index (χ3v) is 6.90. The molecular weight excluding hydrogens is 482 g/mol. The van der Waals surface area contributed by atoms with E-state index in [0.717, 1.165) is 20.5 Å². The molecule has 0 bridgehead atoms. The minimum Gasteiger partial charge on any atom is -0.468 e. The second kappa shape index (κ2) is 9.08. The fourth-order valence-corrected chi connectivity index (χ4v) is 4.22.